The summed E-state index contributed by atoms with van der Waals surface area (Å²) < 4.78 is 61.2. The predicted molar refractivity (Wildman–Crippen MR) is 231 cm³/mol. The molecule has 0 saturated carbocycles. The van der Waals surface area contributed by atoms with Gasteiger partial charge in [0.15, 0.2) is 30.7 Å². The van der Waals surface area contributed by atoms with Crippen LogP contribution in [0.1, 0.15) is 152 Å². The lowest BCUT2D eigenvalue weighted by molar-refractivity contribution is -0.344. The van der Waals surface area contributed by atoms with Crippen LogP contribution in [0, 0.1) is 37.9 Å². The lowest BCUT2D eigenvalue weighted by atomic mass is 9.92. The Morgan fingerprint density at radius 2 is 0.672 bits per heavy atom. The Hall–Kier alpha value is -3.83. The number of ether oxygens (including phenoxy) is 10. The van der Waals surface area contributed by atoms with Crippen molar-refractivity contribution in [1.29, 1.82) is 0 Å². The number of esters is 7. The Bertz CT molecular complexity index is 1680. The lowest BCUT2D eigenvalue weighted by Gasteiger charge is -2.48. The fourth-order valence-electron chi connectivity index (χ4n) is 5.28. The summed E-state index contributed by atoms with van der Waals surface area (Å²) in [7, 11) is 0. The summed E-state index contributed by atoms with van der Waals surface area (Å²) in [5, 5.41) is 0. The Balaban J connectivity index is 2.96. The van der Waals surface area contributed by atoms with E-state index in [9.17, 15) is 33.6 Å². The van der Waals surface area contributed by atoms with Crippen LogP contribution in [0.4, 0.5) is 0 Å². The highest BCUT2D eigenvalue weighted by atomic mass is 16.8. The molecule has 0 aromatic carbocycles. The third-order valence-electron chi connectivity index (χ3n) is 9.65. The molecule has 0 aromatic rings. The van der Waals surface area contributed by atoms with Gasteiger partial charge in [-0.15, -0.1) is 0 Å². The van der Waals surface area contributed by atoms with Crippen molar-refractivity contribution in [3.05, 3.63) is 0 Å². The van der Waals surface area contributed by atoms with Crippen LogP contribution in [0.5, 0.6) is 0 Å². The van der Waals surface area contributed by atoms with Crippen molar-refractivity contribution in [3.8, 4) is 0 Å². The van der Waals surface area contributed by atoms with E-state index >= 15 is 0 Å². The molecule has 2 rings (SSSR count). The fraction of sp³-hybridized carbons (Fsp3) is 0.851. The van der Waals surface area contributed by atoms with Gasteiger partial charge in [-0.1, -0.05) is 0 Å². The lowest BCUT2D eigenvalue weighted by Crippen LogP contribution is -2.65. The second kappa shape index (κ2) is 20.4. The van der Waals surface area contributed by atoms with Gasteiger partial charge >= 0.3 is 41.8 Å². The summed E-state index contributed by atoms with van der Waals surface area (Å²) in [4.78, 5) is 94.6. The predicted octanol–water partition coefficient (Wildman–Crippen LogP) is 6.81. The zero-order chi connectivity index (χ0) is 49.9. The SMILES string of the molecule is CC(C)(C)C(=O)OC[C@H]1O[C@H](O[C@H]2C[C@@H](OC(=O)C(C)(C)C)[C@H](OC(=O)C(C)(C)C)O[C@@H]2COC(=O)C(C)(C)C)[C@H](OC(=O)C(C)(C)C)[C@@H](OC(=O)C(C)(C)C)[C@@H]1OC(=O)C(C)(C)C. The molecular formula is C47H78O17. The van der Waals surface area contributed by atoms with E-state index in [1.807, 2.05) is 0 Å². The normalized spacial score (nSPS) is 26.2. The molecule has 0 radical (unpaired) electrons. The van der Waals surface area contributed by atoms with Gasteiger partial charge in [0.05, 0.1) is 44.0 Å². The summed E-state index contributed by atoms with van der Waals surface area (Å²) >= 11 is 0. The zero-order valence-corrected chi connectivity index (χ0v) is 42.3. The molecule has 64 heavy (non-hydrogen) atoms. The van der Waals surface area contributed by atoms with Crippen LogP contribution in [0.25, 0.3) is 0 Å². The van der Waals surface area contributed by atoms with Crippen molar-refractivity contribution in [3.63, 3.8) is 0 Å². The van der Waals surface area contributed by atoms with E-state index in [0.29, 0.717) is 0 Å². The first-order valence-corrected chi connectivity index (χ1v) is 21.9. The van der Waals surface area contributed by atoms with Gasteiger partial charge in [-0.25, -0.2) is 0 Å². The number of carbonyl (C=O) groups is 7. The molecule has 0 bridgehead atoms. The standard InChI is InChI=1S/C47H78O17/c1-41(2,3)34(48)55-23-27-25(22-26(60-36(50)43(7,8)9)32(58-27)64-40(54)47(19,20)21)57-33-31(63-39(53)46(16,17)18)30(62-38(52)45(13,14)15)29(61-37(51)44(10,11)12)28(59-33)24-56-35(49)42(4,5)6/h25-33H,22-24H2,1-21H3/t25-,26+,27+,28+,29+,30-,31+,32-,33-/m0/s1. The van der Waals surface area contributed by atoms with E-state index in [-0.39, 0.29) is 6.42 Å². The Labute approximate surface area is 380 Å². The molecule has 0 amide bonds. The number of hydrogen-bond acceptors (Lipinski definition) is 17. The number of carbonyl (C=O) groups excluding carboxylic acids is 7. The summed E-state index contributed by atoms with van der Waals surface area (Å²) in [5.74, 6) is -4.90. The first-order chi connectivity index (χ1) is 28.5. The molecule has 0 aromatic heterocycles. The molecule has 368 valence electrons. The first kappa shape index (κ1) is 56.3. The van der Waals surface area contributed by atoms with Gasteiger partial charge in [0.1, 0.15) is 25.4 Å². The summed E-state index contributed by atoms with van der Waals surface area (Å²) in [6.45, 7) is 33.1. The quantitative estimate of drug-likeness (QED) is 0.154. The average molecular weight is 915 g/mol. The summed E-state index contributed by atoms with van der Waals surface area (Å²) in [5.41, 5.74) is -7.34. The Kier molecular flexibility index (Phi) is 17.9. The maximum atomic E-state index is 13.9. The van der Waals surface area contributed by atoms with Crippen LogP contribution in [0.2, 0.25) is 0 Å². The maximum Gasteiger partial charge on any atom is 0.313 e. The number of hydrogen-bond donors (Lipinski definition) is 0. The van der Waals surface area contributed by atoms with Crippen molar-refractivity contribution >= 4 is 41.8 Å². The van der Waals surface area contributed by atoms with Gasteiger partial charge in [0, 0.05) is 6.42 Å². The van der Waals surface area contributed by atoms with Crippen molar-refractivity contribution < 1.29 is 80.9 Å². The molecule has 17 heteroatoms. The van der Waals surface area contributed by atoms with Gasteiger partial charge in [0.2, 0.25) is 6.29 Å². The van der Waals surface area contributed by atoms with Gasteiger partial charge < -0.3 is 47.4 Å². The van der Waals surface area contributed by atoms with Crippen LogP contribution in [0.3, 0.4) is 0 Å². The molecular weight excluding hydrogens is 836 g/mol. The molecule has 17 nitrogen and oxygen atoms in total. The molecule has 2 saturated heterocycles. The highest BCUT2D eigenvalue weighted by Crippen LogP contribution is 2.38. The van der Waals surface area contributed by atoms with E-state index in [2.05, 4.69) is 0 Å². The second-order valence-corrected chi connectivity index (χ2v) is 23.9. The largest absolute Gasteiger partial charge is 0.462 e. The zero-order valence-electron chi connectivity index (χ0n) is 42.3. The molecule has 2 aliphatic heterocycles. The smallest absolute Gasteiger partial charge is 0.313 e. The first-order valence-electron chi connectivity index (χ1n) is 21.9. The van der Waals surface area contributed by atoms with E-state index in [1.165, 1.54) is 0 Å². The fourth-order valence-corrected chi connectivity index (χ4v) is 5.28. The Morgan fingerprint density at radius 3 is 1.06 bits per heavy atom. The third-order valence-corrected chi connectivity index (χ3v) is 9.65. The third kappa shape index (κ3) is 16.2. The van der Waals surface area contributed by atoms with E-state index in [4.69, 9.17) is 47.4 Å². The molecule has 0 aliphatic carbocycles. The molecule has 0 unspecified atom stereocenters. The Morgan fingerprint density at radius 1 is 0.359 bits per heavy atom. The van der Waals surface area contributed by atoms with Crippen molar-refractivity contribution in [2.45, 2.75) is 207 Å². The van der Waals surface area contributed by atoms with E-state index in [0.717, 1.165) is 0 Å². The van der Waals surface area contributed by atoms with Crippen molar-refractivity contribution in [1.82, 2.24) is 0 Å². The highest BCUT2D eigenvalue weighted by molar-refractivity contribution is 5.79. The monoisotopic (exact) mass is 915 g/mol. The van der Waals surface area contributed by atoms with Crippen molar-refractivity contribution in [2.24, 2.45) is 37.9 Å². The van der Waals surface area contributed by atoms with Gasteiger partial charge in [-0.2, -0.15) is 0 Å². The van der Waals surface area contributed by atoms with Gasteiger partial charge in [-0.3, -0.25) is 33.6 Å². The summed E-state index contributed by atoms with van der Waals surface area (Å²) in [6.07, 6.45) is -13.6. The summed E-state index contributed by atoms with van der Waals surface area (Å²) in [6, 6.07) is 0. The highest BCUT2D eigenvalue weighted by Gasteiger charge is 2.57. The minimum atomic E-state index is -1.73. The van der Waals surface area contributed by atoms with Crippen LogP contribution in [-0.4, -0.2) is 110 Å². The van der Waals surface area contributed by atoms with Crippen molar-refractivity contribution in [2.75, 3.05) is 13.2 Å². The van der Waals surface area contributed by atoms with Crippen LogP contribution in [-0.2, 0) is 80.9 Å². The molecule has 0 N–H and O–H groups in total. The molecule has 2 aliphatic rings. The molecule has 2 fully saturated rings. The molecule has 9 atom stereocenters. The average Bonchev–Trinajstić information content (AvgIpc) is 3.09. The van der Waals surface area contributed by atoms with Crippen LogP contribution < -0.4 is 0 Å². The minimum absolute atomic E-state index is 0.264. The van der Waals surface area contributed by atoms with Crippen LogP contribution in [0.15, 0.2) is 0 Å². The second-order valence-electron chi connectivity index (χ2n) is 23.9. The van der Waals surface area contributed by atoms with Crippen LogP contribution >= 0.6 is 0 Å². The maximum absolute atomic E-state index is 13.9. The van der Waals surface area contributed by atoms with E-state index < -0.39 is 148 Å². The van der Waals surface area contributed by atoms with Gasteiger partial charge in [-0.05, 0) is 145 Å². The van der Waals surface area contributed by atoms with E-state index in [1.54, 1.807) is 145 Å². The molecule has 2 heterocycles. The minimum Gasteiger partial charge on any atom is -0.462 e. The van der Waals surface area contributed by atoms with Gasteiger partial charge in [0.25, 0.3) is 0 Å². The number of rotatable bonds is 11. The topological polar surface area (TPSA) is 212 Å². The molecule has 0 spiro atoms.